The van der Waals surface area contributed by atoms with Gasteiger partial charge in [0, 0.05) is 16.1 Å². The van der Waals surface area contributed by atoms with E-state index in [1.165, 1.54) is 11.1 Å². The van der Waals surface area contributed by atoms with Gasteiger partial charge in [0.15, 0.2) is 0 Å². The molecule has 7 heteroatoms. The number of ether oxygens (including phenoxy) is 1. The molecule has 2 rings (SSSR count). The van der Waals surface area contributed by atoms with E-state index in [9.17, 15) is 9.59 Å². The molecule has 0 bridgehead atoms. The van der Waals surface area contributed by atoms with E-state index in [1.807, 2.05) is 27.7 Å². The Morgan fingerprint density at radius 1 is 1.11 bits per heavy atom. The molecule has 0 heterocycles. The van der Waals surface area contributed by atoms with Gasteiger partial charge in [0.05, 0.1) is 23.2 Å². The van der Waals surface area contributed by atoms with Crippen LogP contribution in [0.4, 0.5) is 0 Å². The SMILES string of the molecule is CCc1c(OC)cccc1C(=O)NN(C(=O)c1ccc(Cl)cc1Cl)C(C)(C)C. The summed E-state index contributed by atoms with van der Waals surface area (Å²) in [6.45, 7) is 7.40. The summed E-state index contributed by atoms with van der Waals surface area (Å²) in [5, 5.41) is 1.93. The minimum absolute atomic E-state index is 0.219. The number of nitrogens with one attached hydrogen (secondary N) is 1. The summed E-state index contributed by atoms with van der Waals surface area (Å²) in [7, 11) is 1.56. The summed E-state index contributed by atoms with van der Waals surface area (Å²) in [6, 6.07) is 9.87. The normalized spacial score (nSPS) is 11.1. The second kappa shape index (κ2) is 8.84. The second-order valence-electron chi connectivity index (χ2n) is 7.22. The first-order chi connectivity index (χ1) is 13.1. The highest BCUT2D eigenvalue weighted by atomic mass is 35.5. The van der Waals surface area contributed by atoms with Crippen LogP contribution >= 0.6 is 23.2 Å². The third-order valence-electron chi connectivity index (χ3n) is 4.20. The molecule has 1 N–H and O–H groups in total. The van der Waals surface area contributed by atoms with E-state index >= 15 is 0 Å². The lowest BCUT2D eigenvalue weighted by molar-refractivity contribution is 0.0358. The molecule has 2 amide bonds. The van der Waals surface area contributed by atoms with Crippen LogP contribution in [0.15, 0.2) is 36.4 Å². The van der Waals surface area contributed by atoms with Crippen LogP contribution in [0, 0.1) is 0 Å². The Bertz CT molecular complexity index is 892. The Hall–Kier alpha value is -2.24. The molecule has 2 aromatic carbocycles. The molecule has 0 aliphatic rings. The largest absolute Gasteiger partial charge is 0.496 e. The Balaban J connectivity index is 2.41. The van der Waals surface area contributed by atoms with Crippen molar-refractivity contribution < 1.29 is 14.3 Å². The highest BCUT2D eigenvalue weighted by molar-refractivity contribution is 6.36. The van der Waals surface area contributed by atoms with Crippen molar-refractivity contribution in [1.82, 2.24) is 10.4 Å². The van der Waals surface area contributed by atoms with Crippen LogP contribution in [0.1, 0.15) is 54.0 Å². The number of rotatable bonds is 4. The molecule has 28 heavy (non-hydrogen) atoms. The molecular weight excluding hydrogens is 399 g/mol. The number of halogens is 2. The Labute approximate surface area is 175 Å². The first-order valence-electron chi connectivity index (χ1n) is 8.86. The van der Waals surface area contributed by atoms with Crippen molar-refractivity contribution in [2.24, 2.45) is 0 Å². The third-order valence-corrected chi connectivity index (χ3v) is 4.75. The topological polar surface area (TPSA) is 58.6 Å². The van der Waals surface area contributed by atoms with Crippen LogP contribution in [0.2, 0.25) is 10.0 Å². The fourth-order valence-electron chi connectivity index (χ4n) is 2.80. The monoisotopic (exact) mass is 422 g/mol. The van der Waals surface area contributed by atoms with Gasteiger partial charge in [0.2, 0.25) is 0 Å². The number of nitrogens with zero attached hydrogens (tertiary/aromatic N) is 1. The van der Waals surface area contributed by atoms with Gasteiger partial charge in [-0.25, -0.2) is 5.01 Å². The summed E-state index contributed by atoms with van der Waals surface area (Å²) >= 11 is 12.1. The molecule has 0 aliphatic carbocycles. The zero-order valence-electron chi connectivity index (χ0n) is 16.6. The number of methoxy groups -OCH3 is 1. The van der Waals surface area contributed by atoms with Gasteiger partial charge in [-0.2, -0.15) is 0 Å². The minimum Gasteiger partial charge on any atom is -0.496 e. The highest BCUT2D eigenvalue weighted by Gasteiger charge is 2.31. The van der Waals surface area contributed by atoms with Gasteiger partial charge in [-0.15, -0.1) is 0 Å². The summed E-state index contributed by atoms with van der Waals surface area (Å²) < 4.78 is 5.35. The molecular formula is C21H24Cl2N2O3. The van der Waals surface area contributed by atoms with E-state index in [-0.39, 0.29) is 10.6 Å². The van der Waals surface area contributed by atoms with Gasteiger partial charge in [-0.3, -0.25) is 15.0 Å². The number of carbonyl (C=O) groups is 2. The van der Waals surface area contributed by atoms with Crippen LogP contribution in [-0.2, 0) is 6.42 Å². The van der Waals surface area contributed by atoms with E-state index in [0.29, 0.717) is 22.8 Å². The maximum absolute atomic E-state index is 13.1. The van der Waals surface area contributed by atoms with Crippen molar-refractivity contribution in [2.45, 2.75) is 39.7 Å². The molecule has 0 unspecified atom stereocenters. The second-order valence-corrected chi connectivity index (χ2v) is 8.06. The lowest BCUT2D eigenvalue weighted by Gasteiger charge is -2.36. The van der Waals surface area contributed by atoms with Crippen molar-refractivity contribution in [3.05, 3.63) is 63.1 Å². The lowest BCUT2D eigenvalue weighted by Crippen LogP contribution is -2.56. The fourth-order valence-corrected chi connectivity index (χ4v) is 3.29. The molecule has 0 saturated heterocycles. The van der Waals surface area contributed by atoms with E-state index < -0.39 is 17.4 Å². The van der Waals surface area contributed by atoms with Crippen molar-refractivity contribution >= 4 is 35.0 Å². The first kappa shape index (κ1) is 22.1. The van der Waals surface area contributed by atoms with Crippen LogP contribution in [0.5, 0.6) is 5.75 Å². The molecule has 0 fully saturated rings. The third kappa shape index (κ3) is 4.78. The van der Waals surface area contributed by atoms with Gasteiger partial charge in [-0.1, -0.05) is 36.2 Å². The Morgan fingerprint density at radius 3 is 2.32 bits per heavy atom. The Kier molecular flexibility index (Phi) is 6.96. The molecule has 2 aromatic rings. The first-order valence-corrected chi connectivity index (χ1v) is 9.62. The lowest BCUT2D eigenvalue weighted by atomic mass is 10.0. The van der Waals surface area contributed by atoms with Gasteiger partial charge >= 0.3 is 0 Å². The molecule has 0 aliphatic heterocycles. The number of hydrogen-bond donors (Lipinski definition) is 1. The molecule has 0 saturated carbocycles. The molecule has 0 radical (unpaired) electrons. The average molecular weight is 423 g/mol. The predicted octanol–water partition coefficient (Wildman–Crippen LogP) is 5.15. The molecule has 0 spiro atoms. The summed E-state index contributed by atoms with van der Waals surface area (Å²) in [6.07, 6.45) is 0.610. The zero-order valence-corrected chi connectivity index (χ0v) is 18.1. The Morgan fingerprint density at radius 2 is 1.79 bits per heavy atom. The van der Waals surface area contributed by atoms with Crippen LogP contribution in [-0.4, -0.2) is 29.5 Å². The number of hydrogen-bond acceptors (Lipinski definition) is 3. The van der Waals surface area contributed by atoms with Crippen molar-refractivity contribution in [2.75, 3.05) is 7.11 Å². The highest BCUT2D eigenvalue weighted by Crippen LogP contribution is 2.26. The number of amides is 2. The van der Waals surface area contributed by atoms with Gasteiger partial charge < -0.3 is 4.74 Å². The smallest absolute Gasteiger partial charge is 0.274 e. The fraction of sp³-hybridized carbons (Fsp3) is 0.333. The van der Waals surface area contributed by atoms with E-state index in [0.717, 1.165) is 5.56 Å². The van der Waals surface area contributed by atoms with Gasteiger partial charge in [-0.05, 0) is 57.5 Å². The maximum atomic E-state index is 13.1. The zero-order chi connectivity index (χ0) is 21.1. The van der Waals surface area contributed by atoms with E-state index in [2.05, 4.69) is 5.43 Å². The molecule has 0 atom stereocenters. The van der Waals surface area contributed by atoms with Crippen molar-refractivity contribution in [1.29, 1.82) is 0 Å². The number of hydrazine groups is 1. The summed E-state index contributed by atoms with van der Waals surface area (Å²) in [5.74, 6) is -0.197. The number of benzene rings is 2. The maximum Gasteiger partial charge on any atom is 0.274 e. The summed E-state index contributed by atoms with van der Waals surface area (Å²) in [4.78, 5) is 26.1. The molecule has 5 nitrogen and oxygen atoms in total. The van der Waals surface area contributed by atoms with Crippen molar-refractivity contribution in [3.63, 3.8) is 0 Å². The molecule has 0 aromatic heterocycles. The average Bonchev–Trinajstić information content (AvgIpc) is 2.63. The quantitative estimate of drug-likeness (QED) is 0.692. The van der Waals surface area contributed by atoms with E-state index in [4.69, 9.17) is 27.9 Å². The van der Waals surface area contributed by atoms with Crippen LogP contribution in [0.3, 0.4) is 0 Å². The van der Waals surface area contributed by atoms with E-state index in [1.54, 1.807) is 37.4 Å². The van der Waals surface area contributed by atoms with Crippen molar-refractivity contribution in [3.8, 4) is 5.75 Å². The van der Waals surface area contributed by atoms with Gasteiger partial charge in [0.25, 0.3) is 11.8 Å². The van der Waals surface area contributed by atoms with Crippen LogP contribution in [0.25, 0.3) is 0 Å². The molecule has 150 valence electrons. The minimum atomic E-state index is -0.693. The standard InChI is InChI=1S/C21H24Cl2N2O3/c1-6-14-15(8-7-9-18(14)28-5)19(26)24-25(21(2,3)4)20(27)16-11-10-13(22)12-17(16)23/h7-12H,6H2,1-5H3,(H,24,26). The van der Waals surface area contributed by atoms with Crippen LogP contribution < -0.4 is 10.2 Å². The predicted molar refractivity (Wildman–Crippen MR) is 112 cm³/mol. The summed E-state index contributed by atoms with van der Waals surface area (Å²) in [5.41, 5.74) is 3.52. The number of carbonyl (C=O) groups excluding carboxylic acids is 2. The van der Waals surface area contributed by atoms with Gasteiger partial charge in [0.1, 0.15) is 5.75 Å².